The molecule has 1 saturated carbocycles. The van der Waals surface area contributed by atoms with Crippen LogP contribution in [0, 0.1) is 23.2 Å². The Kier molecular flexibility index (Phi) is 5.05. The Morgan fingerprint density at radius 3 is 2.94 bits per heavy atom. The first-order valence-electron chi connectivity index (χ1n) is 10.7. The Hall–Kier alpha value is -3.81. The van der Waals surface area contributed by atoms with Crippen LogP contribution in [0.3, 0.4) is 0 Å². The van der Waals surface area contributed by atoms with Gasteiger partial charge in [-0.25, -0.2) is 9.78 Å². The minimum atomic E-state index is -0.245. The molecular weight excluding hydrogens is 412 g/mol. The lowest BCUT2D eigenvalue weighted by Gasteiger charge is -2.29. The lowest BCUT2D eigenvalue weighted by Crippen LogP contribution is -2.36. The molecule has 1 unspecified atom stereocenters. The summed E-state index contributed by atoms with van der Waals surface area (Å²) < 4.78 is 10.2. The molecule has 0 bridgehead atoms. The summed E-state index contributed by atoms with van der Waals surface area (Å²) in [6.07, 6.45) is 5.38. The molecule has 1 aliphatic heterocycles. The number of urea groups is 1. The number of ether oxygens (including phenoxy) is 1. The quantitative estimate of drug-likeness (QED) is 0.623. The van der Waals surface area contributed by atoms with Gasteiger partial charge < -0.3 is 24.0 Å². The predicted octanol–water partition coefficient (Wildman–Crippen LogP) is 2.59. The zero-order valence-electron chi connectivity index (χ0n) is 17.9. The summed E-state index contributed by atoms with van der Waals surface area (Å²) >= 11 is 0. The Bertz CT molecular complexity index is 1170. The number of aromatic nitrogens is 4. The number of fused-ring (bicyclic) bond motifs is 2. The van der Waals surface area contributed by atoms with Crippen LogP contribution in [0.5, 0.6) is 6.01 Å². The Balaban J connectivity index is 1.24. The van der Waals surface area contributed by atoms with Crippen LogP contribution in [0.15, 0.2) is 23.0 Å². The number of carbonyl (C=O) groups is 1. The molecule has 0 aromatic carbocycles. The Morgan fingerprint density at radius 1 is 1.44 bits per heavy atom. The molecule has 0 radical (unpaired) electrons. The summed E-state index contributed by atoms with van der Waals surface area (Å²) in [6, 6.07) is 4.44. The number of hydrogen-bond donors (Lipinski definition) is 2. The monoisotopic (exact) mass is 436 g/mol. The van der Waals surface area contributed by atoms with Gasteiger partial charge in [0.15, 0.2) is 0 Å². The molecule has 3 aromatic heterocycles. The molecule has 1 saturated heterocycles. The maximum absolute atomic E-state index is 12.6. The standard InChI is InChI=1S/C21H24N8O3/c1-3-31-20-25-19(32-27-20)26-21(30)29-10-12-6-15(7-13(12)11-29)28(2)17-14(8-22)9-24-18-16(17)4-5-23-18/h4-5,9,12-13,15H,3,6-7,10-11H2,1-2H3,(H,23,24)(H,25,26,27,30)/t12-,13+,15?. The smallest absolute Gasteiger partial charge is 0.355 e. The summed E-state index contributed by atoms with van der Waals surface area (Å²) in [5.74, 6) is 0.813. The zero-order chi connectivity index (χ0) is 22.2. The van der Waals surface area contributed by atoms with Gasteiger partial charge in [-0.1, -0.05) is 0 Å². The van der Waals surface area contributed by atoms with Gasteiger partial charge in [-0.15, -0.1) is 4.98 Å². The number of hydrogen-bond acceptors (Lipinski definition) is 8. The van der Waals surface area contributed by atoms with Crippen LogP contribution >= 0.6 is 0 Å². The molecular formula is C21H24N8O3. The second-order valence-electron chi connectivity index (χ2n) is 8.28. The fourth-order valence-corrected chi connectivity index (χ4v) is 5.01. The van der Waals surface area contributed by atoms with Gasteiger partial charge in [0.25, 0.3) is 0 Å². The van der Waals surface area contributed by atoms with Crippen LogP contribution in [0.2, 0.25) is 0 Å². The molecule has 3 atom stereocenters. The van der Waals surface area contributed by atoms with Gasteiger partial charge in [-0.2, -0.15) is 5.26 Å². The highest BCUT2D eigenvalue weighted by Crippen LogP contribution is 2.42. The van der Waals surface area contributed by atoms with Crippen LogP contribution in [0.4, 0.5) is 16.5 Å². The molecule has 166 valence electrons. The lowest BCUT2D eigenvalue weighted by molar-refractivity contribution is 0.217. The minimum absolute atomic E-state index is 0.0327. The summed E-state index contributed by atoms with van der Waals surface area (Å²) in [5, 5.41) is 16.9. The number of pyridine rings is 1. The van der Waals surface area contributed by atoms with E-state index in [1.165, 1.54) is 0 Å². The van der Waals surface area contributed by atoms with Crippen LogP contribution in [0.25, 0.3) is 11.0 Å². The van der Waals surface area contributed by atoms with Crippen molar-refractivity contribution >= 4 is 28.8 Å². The average Bonchev–Trinajstić information content (AvgIpc) is 3.55. The predicted molar refractivity (Wildman–Crippen MR) is 115 cm³/mol. The number of aromatic amines is 1. The molecule has 0 spiro atoms. The van der Waals surface area contributed by atoms with Gasteiger partial charge in [0.2, 0.25) is 0 Å². The van der Waals surface area contributed by atoms with Crippen molar-refractivity contribution in [3.63, 3.8) is 0 Å². The number of H-pyrrole nitrogens is 1. The minimum Gasteiger partial charge on any atom is -0.462 e. The number of nitrogens with zero attached hydrogens (tertiary/aromatic N) is 6. The van der Waals surface area contributed by atoms with Crippen molar-refractivity contribution in [2.75, 3.05) is 37.0 Å². The Labute approximate surface area is 184 Å². The van der Waals surface area contributed by atoms with Gasteiger partial charge in [0, 0.05) is 44.0 Å². The number of carbonyl (C=O) groups excluding carboxylic acids is 1. The highest BCUT2D eigenvalue weighted by Gasteiger charge is 2.44. The molecule has 5 rings (SSSR count). The number of nitrogens with one attached hydrogen (secondary N) is 2. The molecule has 32 heavy (non-hydrogen) atoms. The van der Waals surface area contributed by atoms with Crippen molar-refractivity contribution in [1.29, 1.82) is 5.26 Å². The van der Waals surface area contributed by atoms with Gasteiger partial charge in [-0.3, -0.25) is 5.32 Å². The largest absolute Gasteiger partial charge is 0.462 e. The fourth-order valence-electron chi connectivity index (χ4n) is 5.01. The molecule has 11 heteroatoms. The molecule has 3 aromatic rings. The third-order valence-electron chi connectivity index (χ3n) is 6.49. The van der Waals surface area contributed by atoms with E-state index in [1.807, 2.05) is 26.2 Å². The normalized spacial score (nSPS) is 22.0. The summed E-state index contributed by atoms with van der Waals surface area (Å²) in [4.78, 5) is 28.1. The van der Waals surface area contributed by atoms with Crippen molar-refractivity contribution < 1.29 is 14.1 Å². The number of amides is 2. The molecule has 2 fully saturated rings. The lowest BCUT2D eigenvalue weighted by atomic mass is 10.0. The SMILES string of the molecule is CCOc1noc(NC(=O)N2C[C@H]3CC(N(C)c4c(C#N)cnc5[nH]ccc45)C[C@H]3C2)n1. The van der Waals surface area contributed by atoms with Gasteiger partial charge in [-0.05, 0) is 42.8 Å². The maximum Gasteiger partial charge on any atom is 0.355 e. The van der Waals surface area contributed by atoms with Gasteiger partial charge >= 0.3 is 18.1 Å². The number of rotatable bonds is 5. The van der Waals surface area contributed by atoms with Crippen LogP contribution in [-0.2, 0) is 0 Å². The van der Waals surface area contributed by atoms with E-state index in [1.54, 1.807) is 11.1 Å². The first-order chi connectivity index (χ1) is 15.6. The highest BCUT2D eigenvalue weighted by atomic mass is 16.6. The van der Waals surface area contributed by atoms with Crippen molar-refractivity contribution in [3.8, 4) is 12.1 Å². The fraction of sp³-hybridized carbons (Fsp3) is 0.476. The topological polar surface area (TPSA) is 136 Å². The molecule has 4 heterocycles. The van der Waals surface area contributed by atoms with E-state index >= 15 is 0 Å². The van der Waals surface area contributed by atoms with E-state index in [0.29, 0.717) is 43.1 Å². The third kappa shape index (κ3) is 3.47. The molecule has 2 N–H and O–H groups in total. The van der Waals surface area contributed by atoms with Crippen molar-refractivity contribution in [2.24, 2.45) is 11.8 Å². The molecule has 1 aliphatic carbocycles. The average molecular weight is 436 g/mol. The maximum atomic E-state index is 12.6. The van der Waals surface area contributed by atoms with Crippen molar-refractivity contribution in [1.82, 2.24) is 25.0 Å². The highest BCUT2D eigenvalue weighted by molar-refractivity contribution is 5.93. The number of nitriles is 1. The zero-order valence-corrected chi connectivity index (χ0v) is 17.9. The van der Waals surface area contributed by atoms with Gasteiger partial charge in [0.05, 0.1) is 17.9 Å². The van der Waals surface area contributed by atoms with Gasteiger partial charge in [0.1, 0.15) is 11.7 Å². The second-order valence-corrected chi connectivity index (χ2v) is 8.28. The third-order valence-corrected chi connectivity index (χ3v) is 6.49. The van der Waals surface area contributed by atoms with Crippen LogP contribution in [-0.4, -0.2) is 63.8 Å². The molecule has 11 nitrogen and oxygen atoms in total. The Morgan fingerprint density at radius 2 is 2.22 bits per heavy atom. The van der Waals surface area contributed by atoms with Crippen LogP contribution < -0.4 is 15.0 Å². The van der Waals surface area contributed by atoms with E-state index < -0.39 is 0 Å². The number of likely N-dealkylation sites (tertiary alicyclic amines) is 1. The van der Waals surface area contributed by atoms with E-state index in [2.05, 4.69) is 36.4 Å². The molecule has 2 amide bonds. The van der Waals surface area contributed by atoms with E-state index in [4.69, 9.17) is 9.26 Å². The summed E-state index contributed by atoms with van der Waals surface area (Å²) in [7, 11) is 2.05. The molecule has 2 aliphatic rings. The number of anilines is 2. The van der Waals surface area contributed by atoms with E-state index in [9.17, 15) is 10.1 Å². The van der Waals surface area contributed by atoms with Crippen molar-refractivity contribution in [2.45, 2.75) is 25.8 Å². The summed E-state index contributed by atoms with van der Waals surface area (Å²) in [5.41, 5.74) is 2.27. The second kappa shape index (κ2) is 8.03. The van der Waals surface area contributed by atoms with Crippen molar-refractivity contribution in [3.05, 3.63) is 24.0 Å². The van der Waals surface area contributed by atoms with Crippen LogP contribution in [0.1, 0.15) is 25.3 Å². The van der Waals surface area contributed by atoms with E-state index in [0.717, 1.165) is 29.6 Å². The van der Waals surface area contributed by atoms with E-state index in [-0.39, 0.29) is 18.1 Å². The summed E-state index contributed by atoms with van der Waals surface area (Å²) in [6.45, 7) is 3.59. The first kappa shape index (κ1) is 20.1. The first-order valence-corrected chi connectivity index (χ1v) is 10.7.